The molecule has 0 fully saturated rings. The van der Waals surface area contributed by atoms with Crippen LogP contribution in [0.25, 0.3) is 0 Å². The van der Waals surface area contributed by atoms with Crippen LogP contribution < -0.4 is 10.2 Å². The van der Waals surface area contributed by atoms with Crippen molar-refractivity contribution in [2.45, 2.75) is 72.4 Å². The molecule has 116 valence electrons. The molecule has 0 aliphatic heterocycles. The lowest BCUT2D eigenvalue weighted by Gasteiger charge is -2.25. The zero-order valence-corrected chi connectivity index (χ0v) is 15.0. The van der Waals surface area contributed by atoms with Gasteiger partial charge in [0, 0.05) is 29.9 Å². The third-order valence-electron chi connectivity index (χ3n) is 3.72. The smallest absolute Gasteiger partial charge is 0.185 e. The predicted octanol–water partition coefficient (Wildman–Crippen LogP) is 4.17. The molecule has 0 aliphatic carbocycles. The van der Waals surface area contributed by atoms with Gasteiger partial charge in [0.25, 0.3) is 0 Å². The number of hydrogen-bond donors (Lipinski definition) is 1. The fourth-order valence-electron chi connectivity index (χ4n) is 2.43. The molecule has 1 N–H and O–H groups in total. The van der Waals surface area contributed by atoms with Crippen LogP contribution in [0.4, 0.5) is 5.13 Å². The first-order valence-corrected chi connectivity index (χ1v) is 8.60. The number of aromatic nitrogens is 1. The van der Waals surface area contributed by atoms with Gasteiger partial charge in [0.05, 0.1) is 5.69 Å². The van der Waals surface area contributed by atoms with Crippen molar-refractivity contribution in [2.75, 3.05) is 18.5 Å². The van der Waals surface area contributed by atoms with E-state index in [0.29, 0.717) is 6.04 Å². The Balaban J connectivity index is 3.07. The van der Waals surface area contributed by atoms with Crippen molar-refractivity contribution in [3.8, 4) is 0 Å². The highest BCUT2D eigenvalue weighted by Gasteiger charge is 2.25. The van der Waals surface area contributed by atoms with E-state index in [-0.39, 0.29) is 5.41 Å². The Morgan fingerprint density at radius 3 is 2.25 bits per heavy atom. The topological polar surface area (TPSA) is 28.2 Å². The summed E-state index contributed by atoms with van der Waals surface area (Å²) < 4.78 is 0. The van der Waals surface area contributed by atoms with Gasteiger partial charge < -0.3 is 10.2 Å². The first-order chi connectivity index (χ1) is 9.35. The number of nitrogens with zero attached hydrogens (tertiary/aromatic N) is 2. The van der Waals surface area contributed by atoms with Crippen molar-refractivity contribution in [1.82, 2.24) is 10.3 Å². The minimum atomic E-state index is 0.105. The summed E-state index contributed by atoms with van der Waals surface area (Å²) in [6.07, 6.45) is 2.33. The van der Waals surface area contributed by atoms with Crippen LogP contribution in [0.15, 0.2) is 0 Å². The number of rotatable bonds is 7. The summed E-state index contributed by atoms with van der Waals surface area (Å²) in [5.41, 5.74) is 1.35. The molecule has 20 heavy (non-hydrogen) atoms. The molecular formula is C16H31N3S. The maximum Gasteiger partial charge on any atom is 0.185 e. The lowest BCUT2D eigenvalue weighted by atomic mass is 9.91. The summed E-state index contributed by atoms with van der Waals surface area (Å²) in [5, 5.41) is 4.60. The quantitative estimate of drug-likeness (QED) is 0.818. The van der Waals surface area contributed by atoms with E-state index in [2.05, 4.69) is 58.8 Å². The normalized spacial score (nSPS) is 12.2. The molecule has 0 saturated carbocycles. The van der Waals surface area contributed by atoms with Crippen molar-refractivity contribution in [3.63, 3.8) is 0 Å². The summed E-state index contributed by atoms with van der Waals surface area (Å²) in [7, 11) is 2.18. The van der Waals surface area contributed by atoms with Crippen LogP contribution in [-0.4, -0.2) is 24.6 Å². The zero-order chi connectivity index (χ0) is 15.3. The van der Waals surface area contributed by atoms with Gasteiger partial charge in [0.15, 0.2) is 5.13 Å². The van der Waals surface area contributed by atoms with Gasteiger partial charge in [-0.2, -0.15) is 0 Å². The highest BCUT2D eigenvalue weighted by Crippen LogP contribution is 2.34. The second kappa shape index (κ2) is 7.41. The molecular weight excluding hydrogens is 266 g/mol. The van der Waals surface area contributed by atoms with Crippen LogP contribution in [-0.2, 0) is 12.0 Å². The van der Waals surface area contributed by atoms with E-state index in [1.165, 1.54) is 23.4 Å². The highest BCUT2D eigenvalue weighted by atomic mass is 32.1. The summed E-state index contributed by atoms with van der Waals surface area (Å²) in [6, 6.07) is 0.584. The van der Waals surface area contributed by atoms with Gasteiger partial charge in [-0.15, -0.1) is 11.3 Å². The summed E-state index contributed by atoms with van der Waals surface area (Å²) in [4.78, 5) is 8.69. The van der Waals surface area contributed by atoms with Crippen molar-refractivity contribution in [1.29, 1.82) is 0 Å². The van der Waals surface area contributed by atoms with Crippen molar-refractivity contribution < 1.29 is 0 Å². The Morgan fingerprint density at radius 2 is 1.80 bits per heavy atom. The Kier molecular flexibility index (Phi) is 6.46. The van der Waals surface area contributed by atoms with E-state index in [9.17, 15) is 0 Å². The molecule has 0 aromatic carbocycles. The summed E-state index contributed by atoms with van der Waals surface area (Å²) >= 11 is 1.85. The maximum absolute atomic E-state index is 4.96. The molecule has 0 aliphatic rings. The van der Waals surface area contributed by atoms with Crippen LogP contribution in [0.2, 0.25) is 0 Å². The molecule has 0 unspecified atom stereocenters. The summed E-state index contributed by atoms with van der Waals surface area (Å²) in [5.74, 6) is 0. The van der Waals surface area contributed by atoms with Gasteiger partial charge in [-0.25, -0.2) is 4.98 Å². The van der Waals surface area contributed by atoms with E-state index < -0.39 is 0 Å². The van der Waals surface area contributed by atoms with E-state index in [1.54, 1.807) is 0 Å². The molecule has 0 atom stereocenters. The Hall–Kier alpha value is -0.610. The number of hydrogen-bond acceptors (Lipinski definition) is 4. The molecule has 0 saturated heterocycles. The minimum absolute atomic E-state index is 0.105. The predicted molar refractivity (Wildman–Crippen MR) is 91.0 cm³/mol. The van der Waals surface area contributed by atoms with E-state index >= 15 is 0 Å². The van der Waals surface area contributed by atoms with Gasteiger partial charge in [0.1, 0.15) is 0 Å². The standard InChI is InChI=1S/C16H31N3S/c1-8-12(9-2)19(7)15-18-14(16(4,5)6)13(20-15)11-17-10-3/h12,17H,8-11H2,1-7H3. The van der Waals surface area contributed by atoms with Gasteiger partial charge in [0.2, 0.25) is 0 Å². The molecule has 3 nitrogen and oxygen atoms in total. The number of anilines is 1. The Morgan fingerprint density at radius 1 is 1.20 bits per heavy atom. The van der Waals surface area contributed by atoms with E-state index in [0.717, 1.165) is 18.2 Å². The minimum Gasteiger partial charge on any atom is -0.348 e. The molecule has 1 aromatic rings. The van der Waals surface area contributed by atoms with E-state index in [1.807, 2.05) is 11.3 Å². The molecule has 0 amide bonds. The van der Waals surface area contributed by atoms with Crippen LogP contribution in [0.3, 0.4) is 0 Å². The van der Waals surface area contributed by atoms with Crippen molar-refractivity contribution in [3.05, 3.63) is 10.6 Å². The first-order valence-electron chi connectivity index (χ1n) is 7.78. The molecule has 1 aromatic heterocycles. The SMILES string of the molecule is CCNCc1sc(N(C)C(CC)CC)nc1C(C)(C)C. The second-order valence-corrected chi connectivity index (χ2v) is 7.44. The van der Waals surface area contributed by atoms with Crippen LogP contribution in [0.1, 0.15) is 65.0 Å². The molecule has 0 spiro atoms. The molecule has 0 radical (unpaired) electrons. The van der Waals surface area contributed by atoms with Crippen molar-refractivity contribution >= 4 is 16.5 Å². The fraction of sp³-hybridized carbons (Fsp3) is 0.812. The van der Waals surface area contributed by atoms with Gasteiger partial charge in [-0.3, -0.25) is 0 Å². The van der Waals surface area contributed by atoms with Crippen molar-refractivity contribution in [2.24, 2.45) is 0 Å². The largest absolute Gasteiger partial charge is 0.348 e. The average Bonchev–Trinajstić information content (AvgIpc) is 2.81. The zero-order valence-electron chi connectivity index (χ0n) is 14.2. The first kappa shape index (κ1) is 17.4. The van der Waals surface area contributed by atoms with Crippen LogP contribution in [0, 0.1) is 0 Å². The molecule has 4 heteroatoms. The lowest BCUT2D eigenvalue weighted by Crippen LogP contribution is -2.30. The van der Waals surface area contributed by atoms with Crippen LogP contribution in [0.5, 0.6) is 0 Å². The number of nitrogens with one attached hydrogen (secondary N) is 1. The second-order valence-electron chi connectivity index (χ2n) is 6.38. The monoisotopic (exact) mass is 297 g/mol. The third-order valence-corrected chi connectivity index (χ3v) is 4.87. The van der Waals surface area contributed by atoms with Gasteiger partial charge >= 0.3 is 0 Å². The summed E-state index contributed by atoms with van der Waals surface area (Å²) in [6.45, 7) is 15.3. The fourth-order valence-corrected chi connectivity index (χ4v) is 3.70. The van der Waals surface area contributed by atoms with Crippen LogP contribution >= 0.6 is 11.3 Å². The Bertz CT molecular complexity index is 402. The molecule has 1 rings (SSSR count). The molecule has 1 heterocycles. The number of thiazole rings is 1. The lowest BCUT2D eigenvalue weighted by molar-refractivity contribution is 0.555. The highest BCUT2D eigenvalue weighted by molar-refractivity contribution is 7.15. The molecule has 0 bridgehead atoms. The Labute approximate surface area is 128 Å². The van der Waals surface area contributed by atoms with Gasteiger partial charge in [-0.1, -0.05) is 41.5 Å². The third kappa shape index (κ3) is 4.19. The van der Waals surface area contributed by atoms with Gasteiger partial charge in [-0.05, 0) is 19.4 Å². The average molecular weight is 298 g/mol. The van der Waals surface area contributed by atoms with E-state index in [4.69, 9.17) is 4.98 Å². The maximum atomic E-state index is 4.96.